The lowest BCUT2D eigenvalue weighted by Gasteiger charge is -2.31. The molecule has 0 radical (unpaired) electrons. The van der Waals surface area contributed by atoms with Gasteiger partial charge in [0.1, 0.15) is 5.78 Å². The number of aliphatic hydroxyl groups excluding tert-OH is 1. The van der Waals surface area contributed by atoms with Gasteiger partial charge in [-0.3, -0.25) is 9.59 Å². The van der Waals surface area contributed by atoms with Crippen LogP contribution >= 0.6 is 0 Å². The highest BCUT2D eigenvalue weighted by atomic mass is 16.7. The molecule has 4 fully saturated rings. The number of carbonyl (C=O) groups is 2. The molecule has 42 heavy (non-hydrogen) atoms. The van der Waals surface area contributed by atoms with E-state index in [-0.39, 0.29) is 55.2 Å². The van der Waals surface area contributed by atoms with Crippen molar-refractivity contribution in [3.05, 3.63) is 12.2 Å². The van der Waals surface area contributed by atoms with Crippen LogP contribution in [0.15, 0.2) is 12.2 Å². The lowest BCUT2D eigenvalue weighted by molar-refractivity contribution is -0.193. The number of hydrogen-bond acceptors (Lipinski definition) is 7. The van der Waals surface area contributed by atoms with Gasteiger partial charge in [-0.2, -0.15) is 0 Å². The third-order valence-electron chi connectivity index (χ3n) is 9.90. The highest BCUT2D eigenvalue weighted by Gasteiger charge is 2.44. The number of ether oxygens (including phenoxy) is 4. The zero-order chi connectivity index (χ0) is 29.7. The SMILES string of the molecule is CCCC[C@H]1CC[C@H]([C@@H](/C=C/[C@@H]2[C@@H](CC(=O)CCCCC(=O)O)[C@@H](O)C[C@H]2OC2CCCCO2)OC2CCCCO2)C1. The van der Waals surface area contributed by atoms with Crippen LogP contribution in [0.25, 0.3) is 0 Å². The summed E-state index contributed by atoms with van der Waals surface area (Å²) in [7, 11) is 0. The van der Waals surface area contributed by atoms with Gasteiger partial charge in [0.05, 0.1) is 18.3 Å². The fourth-order valence-corrected chi connectivity index (χ4v) is 7.48. The Labute approximate surface area is 252 Å². The van der Waals surface area contributed by atoms with E-state index in [4.69, 9.17) is 24.1 Å². The third-order valence-corrected chi connectivity index (χ3v) is 9.90. The number of unbranched alkanes of at least 4 members (excludes halogenated alkanes) is 2. The summed E-state index contributed by atoms with van der Waals surface area (Å²) < 4.78 is 25.0. The smallest absolute Gasteiger partial charge is 0.303 e. The molecule has 0 aromatic carbocycles. The maximum Gasteiger partial charge on any atom is 0.303 e. The van der Waals surface area contributed by atoms with Crippen molar-refractivity contribution in [2.75, 3.05) is 13.2 Å². The van der Waals surface area contributed by atoms with E-state index in [2.05, 4.69) is 19.1 Å². The van der Waals surface area contributed by atoms with E-state index in [1.54, 1.807) is 0 Å². The van der Waals surface area contributed by atoms with Gasteiger partial charge in [-0.05, 0) is 76.0 Å². The van der Waals surface area contributed by atoms with Crippen molar-refractivity contribution >= 4 is 11.8 Å². The van der Waals surface area contributed by atoms with E-state index in [1.165, 1.54) is 32.1 Å². The molecule has 2 heterocycles. The molecule has 2 aliphatic carbocycles. The summed E-state index contributed by atoms with van der Waals surface area (Å²) in [5.74, 6) is 0.0725. The molecule has 8 nitrogen and oxygen atoms in total. The molecular weight excluding hydrogens is 536 g/mol. The molecule has 9 atom stereocenters. The van der Waals surface area contributed by atoms with Gasteiger partial charge in [0.25, 0.3) is 0 Å². The van der Waals surface area contributed by atoms with Gasteiger partial charge in [-0.15, -0.1) is 0 Å². The van der Waals surface area contributed by atoms with Crippen LogP contribution in [0.4, 0.5) is 0 Å². The van der Waals surface area contributed by atoms with Gasteiger partial charge >= 0.3 is 5.97 Å². The maximum absolute atomic E-state index is 13.0. The van der Waals surface area contributed by atoms with Crippen LogP contribution < -0.4 is 0 Å². The number of Topliss-reactive ketones (excluding diaryl/α,β-unsaturated/α-hetero) is 1. The first-order chi connectivity index (χ1) is 20.4. The summed E-state index contributed by atoms with van der Waals surface area (Å²) in [6.45, 7) is 3.69. The molecule has 240 valence electrons. The number of ketones is 1. The summed E-state index contributed by atoms with van der Waals surface area (Å²) in [5.41, 5.74) is 0. The van der Waals surface area contributed by atoms with Crippen LogP contribution in [0.2, 0.25) is 0 Å². The molecule has 4 rings (SSSR count). The minimum atomic E-state index is -0.835. The number of carbonyl (C=O) groups excluding carboxylic acids is 1. The largest absolute Gasteiger partial charge is 0.481 e. The molecule has 0 aromatic rings. The third kappa shape index (κ3) is 10.7. The van der Waals surface area contributed by atoms with Crippen molar-refractivity contribution in [1.29, 1.82) is 0 Å². The van der Waals surface area contributed by atoms with Gasteiger partial charge < -0.3 is 29.2 Å². The summed E-state index contributed by atoms with van der Waals surface area (Å²) in [6.07, 6.45) is 18.7. The van der Waals surface area contributed by atoms with Gasteiger partial charge in [-0.25, -0.2) is 0 Å². The van der Waals surface area contributed by atoms with Gasteiger partial charge in [-0.1, -0.05) is 44.8 Å². The van der Waals surface area contributed by atoms with Crippen LogP contribution in [0.3, 0.4) is 0 Å². The molecule has 2 N–H and O–H groups in total. The lowest BCUT2D eigenvalue weighted by atomic mass is 9.86. The molecule has 4 aliphatic rings. The molecule has 2 saturated heterocycles. The van der Waals surface area contributed by atoms with Gasteiger partial charge in [0, 0.05) is 50.7 Å². The maximum atomic E-state index is 13.0. The molecular formula is C34H56O8. The molecule has 2 unspecified atom stereocenters. The van der Waals surface area contributed by atoms with Crippen molar-refractivity contribution in [2.45, 2.75) is 153 Å². The van der Waals surface area contributed by atoms with E-state index in [1.807, 2.05) is 0 Å². The second-order valence-electron chi connectivity index (χ2n) is 13.2. The van der Waals surface area contributed by atoms with Crippen LogP contribution in [-0.4, -0.2) is 66.1 Å². The second kappa shape index (κ2) is 17.8. The van der Waals surface area contributed by atoms with Crippen LogP contribution in [0.1, 0.15) is 122 Å². The predicted molar refractivity (Wildman–Crippen MR) is 160 cm³/mol. The number of hydrogen-bond donors (Lipinski definition) is 2. The monoisotopic (exact) mass is 592 g/mol. The van der Waals surface area contributed by atoms with Gasteiger partial charge in [0.2, 0.25) is 0 Å². The normalized spacial score (nSPS) is 34.6. The zero-order valence-electron chi connectivity index (χ0n) is 25.8. The summed E-state index contributed by atoms with van der Waals surface area (Å²) >= 11 is 0. The van der Waals surface area contributed by atoms with E-state index in [9.17, 15) is 14.7 Å². The molecule has 0 aromatic heterocycles. The summed E-state index contributed by atoms with van der Waals surface area (Å²) in [5, 5.41) is 20.1. The molecule has 0 bridgehead atoms. The molecule has 0 spiro atoms. The second-order valence-corrected chi connectivity index (χ2v) is 13.2. The Hall–Kier alpha value is -1.32. The quantitative estimate of drug-likeness (QED) is 0.144. The highest BCUT2D eigenvalue weighted by molar-refractivity contribution is 5.78. The average molecular weight is 593 g/mol. The number of carboxylic acid groups (broad SMARTS) is 1. The summed E-state index contributed by atoms with van der Waals surface area (Å²) in [6, 6.07) is 0. The average Bonchev–Trinajstić information content (AvgIpc) is 3.57. The van der Waals surface area contributed by atoms with Crippen molar-refractivity contribution < 1.29 is 38.7 Å². The minimum absolute atomic E-state index is 0.0589. The molecule has 2 saturated carbocycles. The predicted octanol–water partition coefficient (Wildman–Crippen LogP) is 6.57. The number of carboxylic acids is 1. The van der Waals surface area contributed by atoms with E-state index < -0.39 is 12.1 Å². The fraction of sp³-hybridized carbons (Fsp3) is 0.882. The number of rotatable bonds is 17. The minimum Gasteiger partial charge on any atom is -0.481 e. The van der Waals surface area contributed by atoms with Crippen molar-refractivity contribution in [3.63, 3.8) is 0 Å². The standard InChI is InChI=1S/C34H56O8/c1-2-3-10-24-15-16-25(21-24)30(41-33-13-6-8-19-39-33)18-17-27-28(22-26(35)11-4-5-12-32(37)38)29(36)23-31(27)42-34-14-7-9-20-40-34/h17-18,24-25,27-31,33-34,36H,2-16,19-23H2,1H3,(H,37,38)/b18-17+/t24-,25-,27+,28+,29-,30+,31+,33?,34?/m0/s1. The Kier molecular flexibility index (Phi) is 14.3. The first-order valence-corrected chi connectivity index (χ1v) is 17.1. The Morgan fingerprint density at radius 2 is 1.67 bits per heavy atom. The Balaban J connectivity index is 1.46. The molecule has 2 aliphatic heterocycles. The highest BCUT2D eigenvalue weighted by Crippen LogP contribution is 2.42. The van der Waals surface area contributed by atoms with Crippen molar-refractivity contribution in [3.8, 4) is 0 Å². The van der Waals surface area contributed by atoms with Gasteiger partial charge in [0.15, 0.2) is 12.6 Å². The Morgan fingerprint density at radius 1 is 0.929 bits per heavy atom. The van der Waals surface area contributed by atoms with E-state index in [0.29, 0.717) is 38.2 Å². The zero-order valence-corrected chi connectivity index (χ0v) is 25.8. The first-order valence-electron chi connectivity index (χ1n) is 17.1. The Bertz CT molecular complexity index is 833. The fourth-order valence-electron chi connectivity index (χ4n) is 7.48. The lowest BCUT2D eigenvalue weighted by Crippen LogP contribution is -2.33. The van der Waals surface area contributed by atoms with Crippen LogP contribution in [0.5, 0.6) is 0 Å². The van der Waals surface area contributed by atoms with Crippen molar-refractivity contribution in [1.82, 2.24) is 0 Å². The number of aliphatic hydroxyl groups is 1. The first kappa shape index (κ1) is 33.6. The molecule has 8 heteroatoms. The topological polar surface area (TPSA) is 112 Å². The van der Waals surface area contributed by atoms with Crippen molar-refractivity contribution in [2.24, 2.45) is 23.7 Å². The summed E-state index contributed by atoms with van der Waals surface area (Å²) in [4.78, 5) is 23.8. The van der Waals surface area contributed by atoms with E-state index in [0.717, 1.165) is 57.5 Å². The molecule has 0 amide bonds. The van der Waals surface area contributed by atoms with E-state index >= 15 is 0 Å². The number of aliphatic carboxylic acids is 1. The Morgan fingerprint density at radius 3 is 2.36 bits per heavy atom. The van der Waals surface area contributed by atoms with Crippen LogP contribution in [-0.2, 0) is 28.5 Å². The van der Waals surface area contributed by atoms with Crippen LogP contribution in [0, 0.1) is 23.7 Å².